The number of hydrogen-bond acceptors (Lipinski definition) is 4. The maximum Gasteiger partial charge on any atom is 0.248 e. The Balaban J connectivity index is 1.51. The molecule has 1 aliphatic rings. The van der Waals surface area contributed by atoms with Crippen molar-refractivity contribution < 1.29 is 14.3 Å². The van der Waals surface area contributed by atoms with E-state index < -0.39 is 0 Å². The number of morpholine rings is 1. The molecule has 1 N–H and O–H groups in total. The van der Waals surface area contributed by atoms with Crippen LogP contribution in [0.4, 0.5) is 11.4 Å². The molecular formula is C22H26N2O3. The third-order valence-electron chi connectivity index (χ3n) is 4.29. The lowest BCUT2D eigenvalue weighted by Crippen LogP contribution is -2.36. The van der Waals surface area contributed by atoms with Crippen molar-refractivity contribution in [1.29, 1.82) is 0 Å². The highest BCUT2D eigenvalue weighted by Gasteiger charge is 2.10. The minimum absolute atomic E-state index is 0.152. The Labute approximate surface area is 160 Å². The molecule has 0 aromatic heterocycles. The standard InChI is InChI=1S/C22H26N2O3/c1-2-15-27-21-10-3-18(4-11-21)5-12-22(25)23-19-6-8-20(9-7-19)24-13-16-26-17-14-24/h3-12H,2,13-17H2,1H3,(H,23,25)/b12-5-. The Hall–Kier alpha value is -2.79. The molecule has 0 bridgehead atoms. The van der Waals surface area contributed by atoms with Crippen molar-refractivity contribution in [2.75, 3.05) is 43.1 Å². The van der Waals surface area contributed by atoms with Gasteiger partial charge in [-0.1, -0.05) is 19.1 Å². The number of benzene rings is 2. The first-order chi connectivity index (χ1) is 13.2. The van der Waals surface area contributed by atoms with Crippen molar-refractivity contribution in [1.82, 2.24) is 0 Å². The molecule has 0 aliphatic carbocycles. The summed E-state index contributed by atoms with van der Waals surface area (Å²) in [5, 5.41) is 2.89. The zero-order valence-corrected chi connectivity index (χ0v) is 15.7. The summed E-state index contributed by atoms with van der Waals surface area (Å²) < 4.78 is 10.9. The van der Waals surface area contributed by atoms with Crippen LogP contribution in [-0.4, -0.2) is 38.8 Å². The Morgan fingerprint density at radius 1 is 1.11 bits per heavy atom. The van der Waals surface area contributed by atoms with E-state index in [1.807, 2.05) is 48.5 Å². The van der Waals surface area contributed by atoms with Gasteiger partial charge in [-0.15, -0.1) is 0 Å². The second-order valence-electron chi connectivity index (χ2n) is 6.39. The fourth-order valence-electron chi connectivity index (χ4n) is 2.83. The van der Waals surface area contributed by atoms with Gasteiger partial charge in [-0.05, 0) is 54.5 Å². The van der Waals surface area contributed by atoms with Gasteiger partial charge >= 0.3 is 0 Å². The lowest BCUT2D eigenvalue weighted by Gasteiger charge is -2.28. The molecule has 0 radical (unpaired) electrons. The monoisotopic (exact) mass is 366 g/mol. The predicted octanol–water partition coefficient (Wildman–Crippen LogP) is 3.96. The van der Waals surface area contributed by atoms with Gasteiger partial charge in [-0.2, -0.15) is 0 Å². The summed E-state index contributed by atoms with van der Waals surface area (Å²) in [4.78, 5) is 14.4. The SMILES string of the molecule is CCCOc1ccc(/C=C\C(=O)Nc2ccc(N3CCOCC3)cc2)cc1. The fraction of sp³-hybridized carbons (Fsp3) is 0.318. The molecule has 1 heterocycles. The molecule has 0 unspecified atom stereocenters. The summed E-state index contributed by atoms with van der Waals surface area (Å²) in [6.45, 7) is 6.10. The molecule has 1 amide bonds. The number of ether oxygens (including phenoxy) is 2. The molecule has 0 spiro atoms. The molecule has 5 heteroatoms. The zero-order valence-electron chi connectivity index (χ0n) is 15.7. The molecule has 2 aromatic rings. The second-order valence-corrected chi connectivity index (χ2v) is 6.39. The Morgan fingerprint density at radius 2 is 1.81 bits per heavy atom. The largest absolute Gasteiger partial charge is 0.494 e. The molecular weight excluding hydrogens is 340 g/mol. The van der Waals surface area contributed by atoms with Crippen LogP contribution in [0.5, 0.6) is 5.75 Å². The van der Waals surface area contributed by atoms with Crippen LogP contribution < -0.4 is 15.0 Å². The average Bonchev–Trinajstić information content (AvgIpc) is 2.73. The van der Waals surface area contributed by atoms with E-state index in [2.05, 4.69) is 17.1 Å². The number of hydrogen-bond donors (Lipinski definition) is 1. The van der Waals surface area contributed by atoms with Gasteiger partial charge in [0.25, 0.3) is 0 Å². The molecule has 0 saturated carbocycles. The van der Waals surface area contributed by atoms with Crippen LogP contribution in [0.15, 0.2) is 54.6 Å². The number of carbonyl (C=O) groups excluding carboxylic acids is 1. The molecule has 1 fully saturated rings. The molecule has 27 heavy (non-hydrogen) atoms. The third-order valence-corrected chi connectivity index (χ3v) is 4.29. The van der Waals surface area contributed by atoms with Crippen LogP contribution in [-0.2, 0) is 9.53 Å². The van der Waals surface area contributed by atoms with Crippen molar-refractivity contribution in [3.8, 4) is 5.75 Å². The first-order valence-corrected chi connectivity index (χ1v) is 9.39. The zero-order chi connectivity index (χ0) is 18.9. The minimum atomic E-state index is -0.152. The summed E-state index contributed by atoms with van der Waals surface area (Å²) in [6, 6.07) is 15.6. The van der Waals surface area contributed by atoms with Crippen LogP contribution in [0.1, 0.15) is 18.9 Å². The third kappa shape index (κ3) is 5.86. The van der Waals surface area contributed by atoms with E-state index in [1.165, 1.54) is 6.08 Å². The molecule has 2 aromatic carbocycles. The van der Waals surface area contributed by atoms with Gasteiger partial charge in [0.15, 0.2) is 0 Å². The lowest BCUT2D eigenvalue weighted by atomic mass is 10.2. The van der Waals surface area contributed by atoms with Crippen molar-refractivity contribution in [3.63, 3.8) is 0 Å². The molecule has 0 atom stereocenters. The quantitative estimate of drug-likeness (QED) is 0.754. The van der Waals surface area contributed by atoms with Gasteiger partial charge in [0, 0.05) is 30.5 Å². The van der Waals surface area contributed by atoms with Crippen LogP contribution in [0.2, 0.25) is 0 Å². The molecule has 1 aliphatic heterocycles. The van der Waals surface area contributed by atoms with Crippen molar-refractivity contribution in [2.24, 2.45) is 0 Å². The van der Waals surface area contributed by atoms with Crippen LogP contribution in [0.3, 0.4) is 0 Å². The van der Waals surface area contributed by atoms with E-state index in [4.69, 9.17) is 9.47 Å². The highest BCUT2D eigenvalue weighted by atomic mass is 16.5. The number of carbonyl (C=O) groups is 1. The number of amides is 1. The summed E-state index contributed by atoms with van der Waals surface area (Å²) in [5.74, 6) is 0.694. The smallest absolute Gasteiger partial charge is 0.248 e. The minimum Gasteiger partial charge on any atom is -0.494 e. The highest BCUT2D eigenvalue weighted by Crippen LogP contribution is 2.19. The number of anilines is 2. The van der Waals surface area contributed by atoms with Crippen molar-refractivity contribution in [3.05, 3.63) is 60.2 Å². The topological polar surface area (TPSA) is 50.8 Å². The number of nitrogens with one attached hydrogen (secondary N) is 1. The maximum absolute atomic E-state index is 12.1. The normalized spacial score (nSPS) is 14.3. The van der Waals surface area contributed by atoms with E-state index in [1.54, 1.807) is 6.08 Å². The van der Waals surface area contributed by atoms with Crippen LogP contribution in [0, 0.1) is 0 Å². The maximum atomic E-state index is 12.1. The molecule has 5 nitrogen and oxygen atoms in total. The van der Waals surface area contributed by atoms with Crippen LogP contribution >= 0.6 is 0 Å². The van der Waals surface area contributed by atoms with E-state index in [0.29, 0.717) is 6.61 Å². The lowest BCUT2D eigenvalue weighted by molar-refractivity contribution is -0.111. The predicted molar refractivity (Wildman–Crippen MR) is 109 cm³/mol. The van der Waals surface area contributed by atoms with Gasteiger partial charge in [-0.25, -0.2) is 0 Å². The summed E-state index contributed by atoms with van der Waals surface area (Å²) in [5.41, 5.74) is 2.89. The first kappa shape index (κ1) is 19.0. The number of nitrogens with zero attached hydrogens (tertiary/aromatic N) is 1. The van der Waals surface area contributed by atoms with Crippen molar-refractivity contribution in [2.45, 2.75) is 13.3 Å². The Bertz CT molecular complexity index is 748. The second kappa shape index (κ2) is 9.78. The van der Waals surface area contributed by atoms with E-state index in [-0.39, 0.29) is 5.91 Å². The highest BCUT2D eigenvalue weighted by molar-refractivity contribution is 6.02. The summed E-state index contributed by atoms with van der Waals surface area (Å²) in [6.07, 6.45) is 4.31. The van der Waals surface area contributed by atoms with Crippen molar-refractivity contribution >= 4 is 23.4 Å². The van der Waals surface area contributed by atoms with Gasteiger partial charge < -0.3 is 19.7 Å². The van der Waals surface area contributed by atoms with E-state index >= 15 is 0 Å². The van der Waals surface area contributed by atoms with Gasteiger partial charge in [-0.3, -0.25) is 4.79 Å². The number of rotatable bonds is 7. The summed E-state index contributed by atoms with van der Waals surface area (Å²) in [7, 11) is 0. The fourth-order valence-corrected chi connectivity index (χ4v) is 2.83. The molecule has 3 rings (SSSR count). The van der Waals surface area contributed by atoms with Gasteiger partial charge in [0.05, 0.1) is 19.8 Å². The molecule has 1 saturated heterocycles. The Kier molecular flexibility index (Phi) is 6.88. The van der Waals surface area contributed by atoms with E-state index in [0.717, 1.165) is 55.4 Å². The average molecular weight is 366 g/mol. The van der Waals surface area contributed by atoms with Gasteiger partial charge in [0.2, 0.25) is 5.91 Å². The summed E-state index contributed by atoms with van der Waals surface area (Å²) >= 11 is 0. The van der Waals surface area contributed by atoms with Gasteiger partial charge in [0.1, 0.15) is 5.75 Å². The van der Waals surface area contributed by atoms with Crippen LogP contribution in [0.25, 0.3) is 6.08 Å². The van der Waals surface area contributed by atoms with E-state index in [9.17, 15) is 4.79 Å². The first-order valence-electron chi connectivity index (χ1n) is 9.39. The molecule has 142 valence electrons. The Morgan fingerprint density at radius 3 is 2.48 bits per heavy atom.